The van der Waals surface area contributed by atoms with Gasteiger partial charge in [0, 0.05) is 6.92 Å². The van der Waals surface area contributed by atoms with Crippen molar-refractivity contribution in [3.05, 3.63) is 11.8 Å². The third-order valence-electron chi connectivity index (χ3n) is 0.968. The third-order valence-corrected chi connectivity index (χ3v) is 0.968. The standard InChI is InChI=1S/C6H8N2O2/c1-4(9)3-6-8-7-5(2)10-6/h3H2,1-2H3. The Morgan fingerprint density at radius 3 is 2.70 bits per heavy atom. The molecule has 4 heteroatoms. The first-order valence-electron chi connectivity index (χ1n) is 2.97. The molecule has 0 saturated heterocycles. The summed E-state index contributed by atoms with van der Waals surface area (Å²) in [7, 11) is 0. The largest absolute Gasteiger partial charge is 0.425 e. The SMILES string of the molecule is CC(=O)Cc1nnc(C)o1. The van der Waals surface area contributed by atoms with Gasteiger partial charge in [-0.05, 0) is 6.92 Å². The van der Waals surface area contributed by atoms with Crippen molar-refractivity contribution in [3.63, 3.8) is 0 Å². The second-order valence-electron chi connectivity index (χ2n) is 2.09. The summed E-state index contributed by atoms with van der Waals surface area (Å²) in [5, 5.41) is 7.22. The molecule has 1 rings (SSSR count). The van der Waals surface area contributed by atoms with Gasteiger partial charge in [0.25, 0.3) is 0 Å². The normalized spacial score (nSPS) is 9.80. The number of rotatable bonds is 2. The first-order chi connectivity index (χ1) is 4.68. The molecule has 54 valence electrons. The molecule has 0 saturated carbocycles. The molecule has 0 amide bonds. The lowest BCUT2D eigenvalue weighted by Crippen LogP contribution is -1.95. The van der Waals surface area contributed by atoms with Crippen LogP contribution in [0, 0.1) is 6.92 Å². The quantitative estimate of drug-likeness (QED) is 0.600. The topological polar surface area (TPSA) is 56.0 Å². The summed E-state index contributed by atoms with van der Waals surface area (Å²) in [5.41, 5.74) is 0. The van der Waals surface area contributed by atoms with Crippen molar-refractivity contribution in [3.8, 4) is 0 Å². The molecule has 10 heavy (non-hydrogen) atoms. The molecule has 0 bridgehead atoms. The number of hydrogen-bond donors (Lipinski definition) is 0. The Morgan fingerprint density at radius 2 is 2.30 bits per heavy atom. The summed E-state index contributed by atoms with van der Waals surface area (Å²) in [5.74, 6) is 0.921. The molecule has 0 N–H and O–H groups in total. The maximum atomic E-state index is 10.5. The summed E-state index contributed by atoms with van der Waals surface area (Å²) < 4.78 is 4.95. The highest BCUT2D eigenvalue weighted by Gasteiger charge is 2.03. The number of ketones is 1. The van der Waals surface area contributed by atoms with Crippen molar-refractivity contribution in [2.45, 2.75) is 20.3 Å². The van der Waals surface area contributed by atoms with Gasteiger partial charge in [0.2, 0.25) is 11.8 Å². The number of nitrogens with zero attached hydrogens (tertiary/aromatic N) is 2. The van der Waals surface area contributed by atoms with Gasteiger partial charge in [-0.1, -0.05) is 0 Å². The minimum atomic E-state index is 0.0312. The van der Waals surface area contributed by atoms with Gasteiger partial charge in [-0.3, -0.25) is 4.79 Å². The van der Waals surface area contributed by atoms with Crippen LogP contribution >= 0.6 is 0 Å². The monoisotopic (exact) mass is 140 g/mol. The van der Waals surface area contributed by atoms with E-state index in [0.717, 1.165) is 0 Å². The maximum Gasteiger partial charge on any atom is 0.223 e. The highest BCUT2D eigenvalue weighted by Crippen LogP contribution is 1.98. The van der Waals surface area contributed by atoms with Crippen molar-refractivity contribution in [2.24, 2.45) is 0 Å². The second kappa shape index (κ2) is 2.60. The highest BCUT2D eigenvalue weighted by atomic mass is 16.4. The lowest BCUT2D eigenvalue weighted by molar-refractivity contribution is -0.116. The van der Waals surface area contributed by atoms with E-state index >= 15 is 0 Å². The van der Waals surface area contributed by atoms with Gasteiger partial charge in [0.05, 0.1) is 6.42 Å². The average molecular weight is 140 g/mol. The van der Waals surface area contributed by atoms with Crippen molar-refractivity contribution in [1.82, 2.24) is 10.2 Å². The number of Topliss-reactive ketones (excluding diaryl/α,β-unsaturated/α-hetero) is 1. The summed E-state index contributed by atoms with van der Waals surface area (Å²) in [6.07, 6.45) is 0.237. The summed E-state index contributed by atoms with van der Waals surface area (Å²) >= 11 is 0. The van der Waals surface area contributed by atoms with Crippen LogP contribution in [-0.2, 0) is 11.2 Å². The zero-order valence-electron chi connectivity index (χ0n) is 5.92. The van der Waals surface area contributed by atoms with E-state index in [1.807, 2.05) is 0 Å². The van der Waals surface area contributed by atoms with E-state index < -0.39 is 0 Å². The lowest BCUT2D eigenvalue weighted by atomic mass is 10.3. The molecule has 0 spiro atoms. The Labute approximate surface area is 58.3 Å². The molecular weight excluding hydrogens is 132 g/mol. The van der Waals surface area contributed by atoms with Crippen LogP contribution in [0.15, 0.2) is 4.42 Å². The van der Waals surface area contributed by atoms with Crippen LogP contribution in [0.25, 0.3) is 0 Å². The van der Waals surface area contributed by atoms with E-state index in [9.17, 15) is 4.79 Å². The fourth-order valence-electron chi connectivity index (χ4n) is 0.622. The van der Waals surface area contributed by atoms with Gasteiger partial charge in [-0.25, -0.2) is 0 Å². The predicted molar refractivity (Wildman–Crippen MR) is 33.4 cm³/mol. The second-order valence-corrected chi connectivity index (χ2v) is 2.09. The van der Waals surface area contributed by atoms with E-state index in [0.29, 0.717) is 11.8 Å². The van der Waals surface area contributed by atoms with Gasteiger partial charge >= 0.3 is 0 Å². The fourth-order valence-corrected chi connectivity index (χ4v) is 0.622. The molecule has 0 fully saturated rings. The summed E-state index contributed by atoms with van der Waals surface area (Å²) in [6, 6.07) is 0. The average Bonchev–Trinajstić information content (AvgIpc) is 2.13. The zero-order chi connectivity index (χ0) is 7.56. The van der Waals surface area contributed by atoms with E-state index in [1.165, 1.54) is 6.92 Å². The smallest absolute Gasteiger partial charge is 0.223 e. The summed E-state index contributed by atoms with van der Waals surface area (Å²) in [4.78, 5) is 10.5. The Kier molecular flexibility index (Phi) is 1.80. The van der Waals surface area contributed by atoms with Crippen molar-refractivity contribution in [2.75, 3.05) is 0 Å². The van der Waals surface area contributed by atoms with E-state index in [2.05, 4.69) is 10.2 Å². The fraction of sp³-hybridized carbons (Fsp3) is 0.500. The Balaban J connectivity index is 2.67. The van der Waals surface area contributed by atoms with Gasteiger partial charge < -0.3 is 4.42 Å². The molecule has 0 aromatic carbocycles. The first-order valence-corrected chi connectivity index (χ1v) is 2.97. The van der Waals surface area contributed by atoms with E-state index in [1.54, 1.807) is 6.92 Å². The van der Waals surface area contributed by atoms with Crippen LogP contribution in [0.3, 0.4) is 0 Å². The molecule has 0 unspecified atom stereocenters. The first kappa shape index (κ1) is 6.92. The van der Waals surface area contributed by atoms with E-state index in [4.69, 9.17) is 4.42 Å². The summed E-state index contributed by atoms with van der Waals surface area (Å²) in [6.45, 7) is 3.18. The van der Waals surface area contributed by atoms with E-state index in [-0.39, 0.29) is 12.2 Å². The van der Waals surface area contributed by atoms with Gasteiger partial charge in [0.15, 0.2) is 0 Å². The molecular formula is C6H8N2O2. The molecule has 1 aromatic heterocycles. The molecule has 0 aliphatic carbocycles. The minimum Gasteiger partial charge on any atom is -0.425 e. The zero-order valence-corrected chi connectivity index (χ0v) is 5.92. The highest BCUT2D eigenvalue weighted by molar-refractivity contribution is 5.77. The lowest BCUT2D eigenvalue weighted by Gasteiger charge is -1.84. The van der Waals surface area contributed by atoms with Crippen LogP contribution in [0.4, 0.5) is 0 Å². The molecule has 1 aromatic rings. The van der Waals surface area contributed by atoms with Crippen LogP contribution in [0.5, 0.6) is 0 Å². The Hall–Kier alpha value is -1.19. The molecule has 1 heterocycles. The van der Waals surface area contributed by atoms with Crippen molar-refractivity contribution >= 4 is 5.78 Å². The van der Waals surface area contributed by atoms with Crippen molar-refractivity contribution < 1.29 is 9.21 Å². The number of carbonyl (C=O) groups excluding carboxylic acids is 1. The molecule has 0 radical (unpaired) electrons. The molecule has 0 aliphatic heterocycles. The van der Waals surface area contributed by atoms with Crippen LogP contribution in [0.2, 0.25) is 0 Å². The van der Waals surface area contributed by atoms with Crippen LogP contribution in [-0.4, -0.2) is 16.0 Å². The molecule has 0 aliphatic rings. The number of aryl methyl sites for hydroxylation is 1. The number of carbonyl (C=O) groups is 1. The van der Waals surface area contributed by atoms with Gasteiger partial charge in [0.1, 0.15) is 5.78 Å². The number of hydrogen-bond acceptors (Lipinski definition) is 4. The third kappa shape index (κ3) is 1.65. The Bertz CT molecular complexity index is 242. The van der Waals surface area contributed by atoms with Gasteiger partial charge in [-0.2, -0.15) is 0 Å². The van der Waals surface area contributed by atoms with Crippen LogP contribution in [0.1, 0.15) is 18.7 Å². The minimum absolute atomic E-state index is 0.0312. The predicted octanol–water partition coefficient (Wildman–Crippen LogP) is 0.510. The molecule has 4 nitrogen and oxygen atoms in total. The Morgan fingerprint density at radius 1 is 1.60 bits per heavy atom. The van der Waals surface area contributed by atoms with Gasteiger partial charge in [-0.15, -0.1) is 10.2 Å². The van der Waals surface area contributed by atoms with Crippen LogP contribution < -0.4 is 0 Å². The molecule has 0 atom stereocenters. The number of aromatic nitrogens is 2. The maximum absolute atomic E-state index is 10.5. The van der Waals surface area contributed by atoms with Crippen molar-refractivity contribution in [1.29, 1.82) is 0 Å².